The van der Waals surface area contributed by atoms with Crippen LogP contribution in [-0.2, 0) is 14.3 Å². The molecule has 2 aliphatic heterocycles. The van der Waals surface area contributed by atoms with Crippen molar-refractivity contribution < 1.29 is 24.2 Å². The Kier molecular flexibility index (Phi) is 5.40. The van der Waals surface area contributed by atoms with Gasteiger partial charge in [-0.1, -0.05) is 18.6 Å². The molecule has 1 aromatic rings. The largest absolute Gasteiger partial charge is 0.494 e. The first-order valence-electron chi connectivity index (χ1n) is 10.2. The van der Waals surface area contributed by atoms with E-state index in [9.17, 15) is 14.7 Å². The van der Waals surface area contributed by atoms with Crippen molar-refractivity contribution in [3.63, 3.8) is 0 Å². The Morgan fingerprint density at radius 3 is 2.86 bits per heavy atom. The zero-order chi connectivity index (χ0) is 19.7. The number of carbonyl (C=O) groups excluding carboxylic acids is 2. The number of aliphatic hydroxyl groups is 1. The number of Topliss-reactive ketones (excluding diaryl/α,β-unsaturated/α-hetero) is 1. The quantitative estimate of drug-likeness (QED) is 0.815. The summed E-state index contributed by atoms with van der Waals surface area (Å²) in [6.07, 6.45) is 3.95. The van der Waals surface area contributed by atoms with E-state index in [2.05, 4.69) is 0 Å². The molecule has 0 spiro atoms. The van der Waals surface area contributed by atoms with Crippen LogP contribution in [0, 0.1) is 5.92 Å². The molecule has 28 heavy (non-hydrogen) atoms. The molecule has 1 aliphatic carbocycles. The van der Waals surface area contributed by atoms with Crippen LogP contribution in [0.2, 0.25) is 0 Å². The third-order valence-corrected chi connectivity index (χ3v) is 5.90. The van der Waals surface area contributed by atoms with Gasteiger partial charge in [0.05, 0.1) is 24.1 Å². The number of nitrogens with zero attached hydrogens (tertiary/aromatic N) is 1. The minimum absolute atomic E-state index is 0.0137. The van der Waals surface area contributed by atoms with Gasteiger partial charge in [0.2, 0.25) is 0 Å². The Bertz CT molecular complexity index is 802. The van der Waals surface area contributed by atoms with E-state index in [1.165, 1.54) is 0 Å². The number of ether oxygens (including phenoxy) is 2. The van der Waals surface area contributed by atoms with E-state index < -0.39 is 6.04 Å². The van der Waals surface area contributed by atoms with Crippen LogP contribution in [0.3, 0.4) is 0 Å². The number of ketones is 1. The second-order valence-electron chi connectivity index (χ2n) is 7.64. The number of carbonyl (C=O) groups is 2. The van der Waals surface area contributed by atoms with Gasteiger partial charge >= 0.3 is 0 Å². The Labute approximate surface area is 165 Å². The highest BCUT2D eigenvalue weighted by Gasteiger charge is 2.51. The van der Waals surface area contributed by atoms with Gasteiger partial charge in [0, 0.05) is 13.2 Å². The van der Waals surface area contributed by atoms with Crippen molar-refractivity contribution in [1.82, 2.24) is 4.90 Å². The highest BCUT2D eigenvalue weighted by atomic mass is 16.5. The number of rotatable bonds is 6. The highest BCUT2D eigenvalue weighted by molar-refractivity contribution is 6.11. The number of aliphatic hydroxyl groups excluding tert-OH is 1. The number of hydrogen-bond acceptors (Lipinski definition) is 5. The Hall–Kier alpha value is -2.34. The van der Waals surface area contributed by atoms with Gasteiger partial charge < -0.3 is 19.5 Å². The predicted molar refractivity (Wildman–Crippen MR) is 103 cm³/mol. The maximum Gasteiger partial charge on any atom is 0.290 e. The van der Waals surface area contributed by atoms with Crippen LogP contribution in [0.1, 0.15) is 50.6 Å². The lowest BCUT2D eigenvalue weighted by Gasteiger charge is -2.35. The highest BCUT2D eigenvalue weighted by Crippen LogP contribution is 2.47. The average molecular weight is 385 g/mol. The van der Waals surface area contributed by atoms with Gasteiger partial charge in [0.25, 0.3) is 5.91 Å². The SMILES string of the molecule is CCOc1cccc(C2C3=C(OC4CCCCC4C3=O)C(=O)N2CCCO)c1. The minimum atomic E-state index is -0.482. The fourth-order valence-electron chi connectivity index (χ4n) is 4.65. The van der Waals surface area contributed by atoms with E-state index in [1.54, 1.807) is 4.90 Å². The van der Waals surface area contributed by atoms with Gasteiger partial charge in [-0.25, -0.2) is 0 Å². The summed E-state index contributed by atoms with van der Waals surface area (Å²) in [6.45, 7) is 2.82. The number of amides is 1. The lowest BCUT2D eigenvalue weighted by Crippen LogP contribution is -2.39. The molecule has 0 radical (unpaired) electrons. The summed E-state index contributed by atoms with van der Waals surface area (Å²) in [4.78, 5) is 28.2. The smallest absolute Gasteiger partial charge is 0.290 e. The van der Waals surface area contributed by atoms with Gasteiger partial charge in [-0.15, -0.1) is 0 Å². The van der Waals surface area contributed by atoms with Crippen LogP contribution in [0.4, 0.5) is 0 Å². The van der Waals surface area contributed by atoms with Gasteiger partial charge in [-0.2, -0.15) is 0 Å². The van der Waals surface area contributed by atoms with Crippen molar-refractivity contribution in [3.05, 3.63) is 41.2 Å². The molecule has 6 nitrogen and oxygen atoms in total. The molecule has 4 rings (SSSR count). The molecule has 2 heterocycles. The maximum atomic E-state index is 13.4. The van der Waals surface area contributed by atoms with Crippen molar-refractivity contribution >= 4 is 11.7 Å². The van der Waals surface area contributed by atoms with E-state index in [0.717, 1.165) is 31.2 Å². The summed E-state index contributed by atoms with van der Waals surface area (Å²) in [5, 5.41) is 9.29. The molecular weight excluding hydrogens is 358 g/mol. The molecule has 1 fully saturated rings. The molecule has 1 aromatic carbocycles. The fourth-order valence-corrected chi connectivity index (χ4v) is 4.65. The van der Waals surface area contributed by atoms with Crippen molar-refractivity contribution in [2.24, 2.45) is 5.92 Å². The number of hydrogen-bond donors (Lipinski definition) is 1. The molecule has 0 saturated heterocycles. The first kappa shape index (κ1) is 19.0. The summed E-state index contributed by atoms with van der Waals surface area (Å²) >= 11 is 0. The van der Waals surface area contributed by atoms with Gasteiger partial charge in [-0.05, 0) is 50.3 Å². The normalized spacial score (nSPS) is 26.8. The van der Waals surface area contributed by atoms with Gasteiger partial charge in [-0.3, -0.25) is 9.59 Å². The zero-order valence-electron chi connectivity index (χ0n) is 16.2. The summed E-state index contributed by atoms with van der Waals surface area (Å²) in [5.74, 6) is 0.585. The average Bonchev–Trinajstić information content (AvgIpc) is 2.99. The standard InChI is InChI=1S/C22H27NO5/c1-2-27-15-8-5-7-14(13-15)19-18-20(25)16-9-3-4-10-17(16)28-21(18)22(26)23(19)11-6-12-24/h5,7-8,13,16-17,19,24H,2-4,6,9-12H2,1H3. The molecule has 6 heteroatoms. The molecule has 1 N–H and O–H groups in total. The lowest BCUT2D eigenvalue weighted by atomic mass is 9.77. The summed E-state index contributed by atoms with van der Waals surface area (Å²) in [6, 6.07) is 7.08. The minimum Gasteiger partial charge on any atom is -0.494 e. The Balaban J connectivity index is 1.76. The van der Waals surface area contributed by atoms with Crippen LogP contribution in [-0.4, -0.2) is 47.6 Å². The Morgan fingerprint density at radius 2 is 2.07 bits per heavy atom. The maximum absolute atomic E-state index is 13.4. The summed E-state index contributed by atoms with van der Waals surface area (Å²) in [7, 11) is 0. The zero-order valence-corrected chi connectivity index (χ0v) is 16.2. The fraction of sp³-hybridized carbons (Fsp3) is 0.545. The Morgan fingerprint density at radius 1 is 1.25 bits per heavy atom. The molecule has 150 valence electrons. The second-order valence-corrected chi connectivity index (χ2v) is 7.64. The molecule has 3 unspecified atom stereocenters. The van der Waals surface area contributed by atoms with Crippen molar-refractivity contribution in [3.8, 4) is 5.75 Å². The first-order valence-corrected chi connectivity index (χ1v) is 10.2. The van der Waals surface area contributed by atoms with E-state index in [0.29, 0.717) is 30.9 Å². The van der Waals surface area contributed by atoms with Crippen LogP contribution in [0.15, 0.2) is 35.6 Å². The van der Waals surface area contributed by atoms with Crippen LogP contribution >= 0.6 is 0 Å². The molecular formula is C22H27NO5. The third kappa shape index (κ3) is 3.20. The van der Waals surface area contributed by atoms with Gasteiger partial charge in [0.1, 0.15) is 11.9 Å². The lowest BCUT2D eigenvalue weighted by molar-refractivity contribution is -0.135. The number of fused-ring (bicyclic) bond motifs is 1. The van der Waals surface area contributed by atoms with Crippen LogP contribution in [0.25, 0.3) is 0 Å². The van der Waals surface area contributed by atoms with E-state index >= 15 is 0 Å². The van der Waals surface area contributed by atoms with Crippen molar-refractivity contribution in [2.45, 2.75) is 51.2 Å². The van der Waals surface area contributed by atoms with E-state index in [4.69, 9.17) is 9.47 Å². The van der Waals surface area contributed by atoms with Crippen molar-refractivity contribution in [1.29, 1.82) is 0 Å². The molecule has 1 saturated carbocycles. The third-order valence-electron chi connectivity index (χ3n) is 5.90. The molecule has 0 bridgehead atoms. The van der Waals surface area contributed by atoms with E-state index in [-0.39, 0.29) is 36.1 Å². The van der Waals surface area contributed by atoms with Gasteiger partial charge in [0.15, 0.2) is 11.5 Å². The topological polar surface area (TPSA) is 76.1 Å². The van der Waals surface area contributed by atoms with Crippen LogP contribution in [0.5, 0.6) is 5.75 Å². The first-order chi connectivity index (χ1) is 13.7. The second kappa shape index (κ2) is 7.95. The summed E-state index contributed by atoms with van der Waals surface area (Å²) < 4.78 is 11.7. The molecule has 1 amide bonds. The predicted octanol–water partition coefficient (Wildman–Crippen LogP) is 2.76. The molecule has 3 atom stereocenters. The molecule has 3 aliphatic rings. The monoisotopic (exact) mass is 385 g/mol. The van der Waals surface area contributed by atoms with Crippen LogP contribution < -0.4 is 4.74 Å². The van der Waals surface area contributed by atoms with Crippen molar-refractivity contribution in [2.75, 3.05) is 19.8 Å². The molecule has 0 aromatic heterocycles. The summed E-state index contributed by atoms with van der Waals surface area (Å²) in [5.41, 5.74) is 1.33. The van der Waals surface area contributed by atoms with E-state index in [1.807, 2.05) is 31.2 Å². The number of benzene rings is 1.